The zero-order valence-electron chi connectivity index (χ0n) is 22.8. The Balaban J connectivity index is 1.10. The van der Waals surface area contributed by atoms with E-state index < -0.39 is 0 Å². The van der Waals surface area contributed by atoms with E-state index in [1.165, 1.54) is 6.07 Å². The first-order valence-electron chi connectivity index (χ1n) is 14.3. The van der Waals surface area contributed by atoms with Gasteiger partial charge >= 0.3 is 0 Å². The molecule has 4 aromatic rings. The van der Waals surface area contributed by atoms with Gasteiger partial charge in [-0.2, -0.15) is 0 Å². The van der Waals surface area contributed by atoms with Crippen molar-refractivity contribution in [2.45, 2.75) is 24.9 Å². The van der Waals surface area contributed by atoms with Gasteiger partial charge in [0.15, 0.2) is 5.65 Å². The maximum atomic E-state index is 14.0. The van der Waals surface area contributed by atoms with Gasteiger partial charge in [0.05, 0.1) is 31.1 Å². The maximum absolute atomic E-state index is 14.0. The lowest BCUT2D eigenvalue weighted by atomic mass is 10.0. The first-order chi connectivity index (χ1) is 20.1. The monoisotopic (exact) mass is 556 g/mol. The molecule has 7 rings (SSSR count). The highest BCUT2D eigenvalue weighted by atomic mass is 19.1. The number of nitrogens with one attached hydrogen (secondary N) is 1. The van der Waals surface area contributed by atoms with Crippen LogP contribution in [0.3, 0.4) is 0 Å². The molecule has 3 aromatic heterocycles. The van der Waals surface area contributed by atoms with Crippen molar-refractivity contribution in [1.82, 2.24) is 29.8 Å². The highest BCUT2D eigenvalue weighted by molar-refractivity contribution is 5.82. The molecule has 11 heteroatoms. The molecule has 0 spiro atoms. The minimum atomic E-state index is -0.256. The number of piperazine rings is 1. The number of nitrogens with zero attached hydrogens (tertiary/aromatic N) is 7. The molecule has 0 radical (unpaired) electrons. The summed E-state index contributed by atoms with van der Waals surface area (Å²) in [6.07, 6.45) is 3.78. The van der Waals surface area contributed by atoms with Crippen LogP contribution in [0.5, 0.6) is 0 Å². The molecule has 1 aromatic carbocycles. The summed E-state index contributed by atoms with van der Waals surface area (Å²) in [5, 5.41) is 8.24. The van der Waals surface area contributed by atoms with E-state index in [0.29, 0.717) is 45.9 Å². The summed E-state index contributed by atoms with van der Waals surface area (Å²) in [6, 6.07) is 16.6. The summed E-state index contributed by atoms with van der Waals surface area (Å²) in [7, 11) is 0. The molecule has 3 aliphatic heterocycles. The maximum Gasteiger partial charge on any atom is 0.242 e. The van der Waals surface area contributed by atoms with Crippen LogP contribution >= 0.6 is 0 Å². The molecule has 3 fully saturated rings. The van der Waals surface area contributed by atoms with E-state index >= 15 is 0 Å². The zero-order chi connectivity index (χ0) is 27.8. The number of hydrogen-bond donors (Lipinski definition) is 1. The summed E-state index contributed by atoms with van der Waals surface area (Å²) in [5.74, 6) is 1.59. The number of pyridine rings is 1. The zero-order valence-corrected chi connectivity index (χ0v) is 22.8. The fourth-order valence-electron chi connectivity index (χ4n) is 6.14. The number of aromatic nitrogens is 4. The summed E-state index contributed by atoms with van der Waals surface area (Å²) in [6.45, 7) is 5.35. The summed E-state index contributed by atoms with van der Waals surface area (Å²) in [5.41, 5.74) is 3.30. The third-order valence-corrected chi connectivity index (χ3v) is 8.26. The van der Waals surface area contributed by atoms with Crippen molar-refractivity contribution < 1.29 is 13.9 Å². The number of amides is 1. The fourth-order valence-corrected chi connectivity index (χ4v) is 6.14. The van der Waals surface area contributed by atoms with Crippen molar-refractivity contribution in [3.05, 3.63) is 72.2 Å². The van der Waals surface area contributed by atoms with Crippen LogP contribution in [0.2, 0.25) is 0 Å². The van der Waals surface area contributed by atoms with Gasteiger partial charge in [-0.15, -0.1) is 5.10 Å². The van der Waals surface area contributed by atoms with Crippen LogP contribution in [-0.4, -0.2) is 88.9 Å². The Morgan fingerprint density at radius 2 is 1.88 bits per heavy atom. The van der Waals surface area contributed by atoms with E-state index in [-0.39, 0.29) is 23.8 Å². The highest BCUT2D eigenvalue weighted by Crippen LogP contribution is 2.35. The van der Waals surface area contributed by atoms with Gasteiger partial charge in [0.25, 0.3) is 0 Å². The Morgan fingerprint density at radius 1 is 1.00 bits per heavy atom. The molecule has 10 nitrogen and oxygen atoms in total. The van der Waals surface area contributed by atoms with Crippen LogP contribution in [0, 0.1) is 5.82 Å². The second-order valence-electron chi connectivity index (χ2n) is 10.8. The van der Waals surface area contributed by atoms with E-state index in [4.69, 9.17) is 14.8 Å². The molecule has 41 heavy (non-hydrogen) atoms. The molecule has 3 aliphatic rings. The van der Waals surface area contributed by atoms with Gasteiger partial charge in [-0.3, -0.25) is 4.79 Å². The topological polar surface area (TPSA) is 91.1 Å². The Morgan fingerprint density at radius 3 is 2.71 bits per heavy atom. The minimum Gasteiger partial charge on any atom is -0.378 e. The van der Waals surface area contributed by atoms with Gasteiger partial charge in [0, 0.05) is 39.3 Å². The van der Waals surface area contributed by atoms with Crippen molar-refractivity contribution in [1.29, 1.82) is 0 Å². The molecular formula is C30H33FN8O2. The van der Waals surface area contributed by atoms with Crippen LogP contribution in [-0.2, 0) is 9.53 Å². The molecule has 0 saturated carbocycles. The van der Waals surface area contributed by atoms with E-state index in [1.54, 1.807) is 12.1 Å². The number of morpholine rings is 1. The van der Waals surface area contributed by atoms with Crippen molar-refractivity contribution >= 4 is 23.2 Å². The van der Waals surface area contributed by atoms with Crippen LogP contribution in [0.4, 0.5) is 16.0 Å². The van der Waals surface area contributed by atoms with E-state index in [9.17, 15) is 9.18 Å². The first kappa shape index (κ1) is 25.8. The lowest BCUT2D eigenvalue weighted by Crippen LogP contribution is -2.57. The predicted octanol–water partition coefficient (Wildman–Crippen LogP) is 2.91. The number of benzene rings is 1. The van der Waals surface area contributed by atoms with E-state index in [2.05, 4.69) is 20.1 Å². The lowest BCUT2D eigenvalue weighted by molar-refractivity contribution is -0.136. The SMILES string of the molecule is O=C(C1COCCN1)N1CCN(c2cccc(-c3cnc4ccc(N5CCC[C@@H]5c5cccc(F)c5)nn34)n2)CC1. The molecule has 1 unspecified atom stereocenters. The predicted molar refractivity (Wildman–Crippen MR) is 153 cm³/mol. The van der Waals surface area contributed by atoms with Crippen molar-refractivity contribution in [3.8, 4) is 11.4 Å². The number of ether oxygens (including phenoxy) is 1. The molecule has 0 aliphatic carbocycles. The molecule has 1 amide bonds. The number of imidazole rings is 1. The second-order valence-corrected chi connectivity index (χ2v) is 10.8. The number of halogens is 1. The molecule has 3 saturated heterocycles. The summed E-state index contributed by atoms with van der Waals surface area (Å²) < 4.78 is 21.3. The van der Waals surface area contributed by atoms with Crippen molar-refractivity contribution in [2.24, 2.45) is 0 Å². The van der Waals surface area contributed by atoms with Gasteiger partial charge in [-0.25, -0.2) is 18.9 Å². The number of fused-ring (bicyclic) bond motifs is 1. The fraction of sp³-hybridized carbons (Fsp3) is 0.400. The Labute approximate surface area is 237 Å². The average Bonchev–Trinajstić information content (AvgIpc) is 3.69. The van der Waals surface area contributed by atoms with Crippen LogP contribution in [0.1, 0.15) is 24.4 Å². The summed E-state index contributed by atoms with van der Waals surface area (Å²) in [4.78, 5) is 28.8. The third kappa shape index (κ3) is 5.11. The Hall–Kier alpha value is -4.09. The van der Waals surface area contributed by atoms with Gasteiger partial charge in [0.2, 0.25) is 5.91 Å². The lowest BCUT2D eigenvalue weighted by Gasteiger charge is -2.37. The number of hydrogen-bond acceptors (Lipinski definition) is 8. The Kier molecular flexibility index (Phi) is 6.97. The molecule has 212 valence electrons. The smallest absolute Gasteiger partial charge is 0.242 e. The van der Waals surface area contributed by atoms with E-state index in [0.717, 1.165) is 53.6 Å². The average molecular weight is 557 g/mol. The molecule has 6 heterocycles. The molecule has 1 N–H and O–H groups in total. The number of carbonyl (C=O) groups excluding carboxylic acids is 1. The van der Waals surface area contributed by atoms with Gasteiger partial charge in [-0.05, 0) is 54.8 Å². The molecular weight excluding hydrogens is 523 g/mol. The van der Waals surface area contributed by atoms with Gasteiger partial charge in [0.1, 0.15) is 29.2 Å². The summed E-state index contributed by atoms with van der Waals surface area (Å²) >= 11 is 0. The van der Waals surface area contributed by atoms with Crippen LogP contribution in [0.25, 0.3) is 17.0 Å². The first-order valence-corrected chi connectivity index (χ1v) is 14.3. The van der Waals surface area contributed by atoms with E-state index in [1.807, 2.05) is 52.0 Å². The minimum absolute atomic E-state index is 0.0797. The third-order valence-electron chi connectivity index (χ3n) is 8.26. The normalized spacial score (nSPS) is 21.5. The quantitative estimate of drug-likeness (QED) is 0.402. The number of rotatable bonds is 5. The molecule has 0 bridgehead atoms. The van der Waals surface area contributed by atoms with Crippen molar-refractivity contribution in [3.63, 3.8) is 0 Å². The van der Waals surface area contributed by atoms with Crippen LogP contribution < -0.4 is 15.1 Å². The number of anilines is 2. The van der Waals surface area contributed by atoms with Gasteiger partial charge in [-0.1, -0.05) is 18.2 Å². The van der Waals surface area contributed by atoms with Crippen molar-refractivity contribution in [2.75, 3.05) is 62.3 Å². The standard InChI is InChI=1S/C30H33FN8O2/c31-22-5-1-4-21(18-22)25-7-3-12-38(25)29-10-9-27-33-19-26(39(27)35-29)23-6-2-8-28(34-23)36-13-15-37(16-14-36)30(40)24-20-41-17-11-32-24/h1-2,4-6,8-10,18-19,24-25,32H,3,7,11-17,20H2/t24?,25-/m1/s1. The Bertz CT molecular complexity index is 1550. The second kappa shape index (κ2) is 11.1. The molecule has 2 atom stereocenters. The largest absolute Gasteiger partial charge is 0.378 e. The highest BCUT2D eigenvalue weighted by Gasteiger charge is 2.30. The number of carbonyl (C=O) groups is 1. The van der Waals surface area contributed by atoms with Crippen LogP contribution in [0.15, 0.2) is 60.8 Å². The van der Waals surface area contributed by atoms with Gasteiger partial charge < -0.3 is 24.8 Å².